The summed E-state index contributed by atoms with van der Waals surface area (Å²) in [5.74, 6) is -0.614. The Bertz CT molecular complexity index is 391. The van der Waals surface area contributed by atoms with Gasteiger partial charge >= 0.3 is 5.97 Å². The normalized spacial score (nSPS) is 20.1. The van der Waals surface area contributed by atoms with E-state index < -0.39 is 16.0 Å². The van der Waals surface area contributed by atoms with Gasteiger partial charge in [-0.15, -0.1) is 0 Å². The molecule has 0 radical (unpaired) electrons. The van der Waals surface area contributed by atoms with Crippen molar-refractivity contribution in [2.45, 2.75) is 45.6 Å². The molecule has 1 heterocycles. The van der Waals surface area contributed by atoms with Gasteiger partial charge in [-0.3, -0.25) is 4.79 Å². The fraction of sp³-hybridized carbons (Fsp3) is 0.923. The van der Waals surface area contributed by atoms with Gasteiger partial charge < -0.3 is 10.1 Å². The number of sulfonamides is 1. The molecule has 20 heavy (non-hydrogen) atoms. The van der Waals surface area contributed by atoms with Gasteiger partial charge in [0.2, 0.25) is 10.0 Å². The van der Waals surface area contributed by atoms with E-state index in [-0.39, 0.29) is 24.8 Å². The predicted octanol–water partition coefficient (Wildman–Crippen LogP) is 0.733. The van der Waals surface area contributed by atoms with Gasteiger partial charge in [-0.25, -0.2) is 8.42 Å². The number of nitrogens with zero attached hydrogens (tertiary/aromatic N) is 1. The molecule has 0 aliphatic carbocycles. The second-order valence-electron chi connectivity index (χ2n) is 4.98. The lowest BCUT2D eigenvalue weighted by Gasteiger charge is -2.33. The Balaban J connectivity index is 2.65. The zero-order valence-corrected chi connectivity index (χ0v) is 13.2. The van der Waals surface area contributed by atoms with E-state index >= 15 is 0 Å². The average molecular weight is 306 g/mol. The number of ether oxygens (including phenoxy) is 1. The molecule has 0 aromatic heterocycles. The Kier molecular flexibility index (Phi) is 7.47. The molecule has 0 aromatic rings. The summed E-state index contributed by atoms with van der Waals surface area (Å²) >= 11 is 0. The Hall–Kier alpha value is -0.660. The van der Waals surface area contributed by atoms with Gasteiger partial charge in [0.05, 0.1) is 18.8 Å². The molecule has 0 saturated carbocycles. The van der Waals surface area contributed by atoms with Crippen LogP contribution in [0.15, 0.2) is 0 Å². The van der Waals surface area contributed by atoms with E-state index in [0.717, 1.165) is 25.8 Å². The molecule has 1 fully saturated rings. The SMILES string of the molecule is CCCN(C1CCCNC1)S(=O)(=O)CCC(=O)OCC. The number of nitrogens with one attached hydrogen (secondary N) is 1. The van der Waals surface area contributed by atoms with Crippen LogP contribution in [-0.4, -0.2) is 56.7 Å². The smallest absolute Gasteiger partial charge is 0.306 e. The first-order valence-electron chi connectivity index (χ1n) is 7.37. The van der Waals surface area contributed by atoms with Crippen molar-refractivity contribution in [2.75, 3.05) is 32.0 Å². The summed E-state index contributed by atoms with van der Waals surface area (Å²) in [7, 11) is -3.41. The third kappa shape index (κ3) is 5.38. The third-order valence-corrected chi connectivity index (χ3v) is 5.26. The molecular weight excluding hydrogens is 280 g/mol. The molecule has 1 unspecified atom stereocenters. The first kappa shape index (κ1) is 17.4. The van der Waals surface area contributed by atoms with E-state index in [4.69, 9.17) is 4.74 Å². The first-order valence-corrected chi connectivity index (χ1v) is 8.98. The molecule has 0 aromatic carbocycles. The van der Waals surface area contributed by atoms with Gasteiger partial charge in [-0.1, -0.05) is 6.92 Å². The molecule has 1 aliphatic rings. The number of rotatable bonds is 8. The van der Waals surface area contributed by atoms with E-state index in [9.17, 15) is 13.2 Å². The van der Waals surface area contributed by atoms with Crippen molar-refractivity contribution in [3.05, 3.63) is 0 Å². The molecule has 1 N–H and O–H groups in total. The van der Waals surface area contributed by atoms with Crippen LogP contribution in [0, 0.1) is 0 Å². The van der Waals surface area contributed by atoms with Crippen molar-refractivity contribution in [3.63, 3.8) is 0 Å². The molecular formula is C13H26N2O4S. The second-order valence-corrected chi connectivity index (χ2v) is 7.02. The van der Waals surface area contributed by atoms with Crippen LogP contribution in [0.4, 0.5) is 0 Å². The molecule has 1 rings (SSSR count). The molecule has 0 spiro atoms. The van der Waals surface area contributed by atoms with Crippen molar-refractivity contribution in [3.8, 4) is 0 Å². The van der Waals surface area contributed by atoms with Gasteiger partial charge in [0.15, 0.2) is 0 Å². The quantitative estimate of drug-likeness (QED) is 0.669. The molecule has 0 bridgehead atoms. The summed E-state index contributed by atoms with van der Waals surface area (Å²) in [4.78, 5) is 11.3. The maximum absolute atomic E-state index is 12.4. The Morgan fingerprint density at radius 2 is 2.15 bits per heavy atom. The van der Waals surface area contributed by atoms with Gasteiger partial charge in [0.25, 0.3) is 0 Å². The van der Waals surface area contributed by atoms with E-state index in [0.29, 0.717) is 13.1 Å². The minimum Gasteiger partial charge on any atom is -0.466 e. The lowest BCUT2D eigenvalue weighted by Crippen LogP contribution is -2.49. The predicted molar refractivity (Wildman–Crippen MR) is 77.9 cm³/mol. The number of carbonyl (C=O) groups excluding carboxylic acids is 1. The van der Waals surface area contributed by atoms with Crippen molar-refractivity contribution in [1.82, 2.24) is 9.62 Å². The lowest BCUT2D eigenvalue weighted by atomic mass is 10.1. The van der Waals surface area contributed by atoms with E-state index in [2.05, 4.69) is 5.32 Å². The van der Waals surface area contributed by atoms with Crippen molar-refractivity contribution >= 4 is 16.0 Å². The maximum atomic E-state index is 12.4. The van der Waals surface area contributed by atoms with E-state index in [1.54, 1.807) is 11.2 Å². The highest BCUT2D eigenvalue weighted by atomic mass is 32.2. The Labute approximate surface area is 121 Å². The van der Waals surface area contributed by atoms with Crippen molar-refractivity contribution in [2.24, 2.45) is 0 Å². The molecule has 0 amide bonds. The zero-order valence-electron chi connectivity index (χ0n) is 12.4. The number of piperidine rings is 1. The summed E-state index contributed by atoms with van der Waals surface area (Å²) in [6.45, 7) is 6.10. The van der Waals surface area contributed by atoms with Crippen molar-refractivity contribution in [1.29, 1.82) is 0 Å². The minimum atomic E-state index is -3.41. The highest BCUT2D eigenvalue weighted by Crippen LogP contribution is 2.16. The third-order valence-electron chi connectivity index (χ3n) is 3.35. The molecule has 6 nitrogen and oxygen atoms in total. The van der Waals surface area contributed by atoms with Crippen LogP contribution in [0.2, 0.25) is 0 Å². The minimum absolute atomic E-state index is 0.0101. The fourth-order valence-corrected chi connectivity index (χ4v) is 4.17. The lowest BCUT2D eigenvalue weighted by molar-refractivity contribution is -0.142. The van der Waals surface area contributed by atoms with Gasteiger partial charge in [-0.2, -0.15) is 4.31 Å². The molecule has 1 atom stereocenters. The van der Waals surface area contributed by atoms with Crippen LogP contribution in [0.1, 0.15) is 39.5 Å². The number of hydrogen-bond donors (Lipinski definition) is 1. The largest absolute Gasteiger partial charge is 0.466 e. The van der Waals surface area contributed by atoms with Gasteiger partial charge in [0, 0.05) is 19.1 Å². The summed E-state index contributed by atoms with van der Waals surface area (Å²) in [6, 6.07) is 0.0101. The van der Waals surface area contributed by atoms with Crippen LogP contribution in [0.25, 0.3) is 0 Å². The van der Waals surface area contributed by atoms with Crippen LogP contribution in [0.5, 0.6) is 0 Å². The molecule has 1 aliphatic heterocycles. The van der Waals surface area contributed by atoms with Crippen molar-refractivity contribution < 1.29 is 17.9 Å². The highest BCUT2D eigenvalue weighted by Gasteiger charge is 2.30. The average Bonchev–Trinajstić information content (AvgIpc) is 2.44. The first-order chi connectivity index (χ1) is 9.51. The highest BCUT2D eigenvalue weighted by molar-refractivity contribution is 7.89. The van der Waals surface area contributed by atoms with E-state index in [1.165, 1.54) is 0 Å². The number of carbonyl (C=O) groups is 1. The molecule has 118 valence electrons. The van der Waals surface area contributed by atoms with Crippen LogP contribution >= 0.6 is 0 Å². The zero-order chi connectivity index (χ0) is 15.0. The Morgan fingerprint density at radius 1 is 1.40 bits per heavy atom. The van der Waals surface area contributed by atoms with Gasteiger partial charge in [0.1, 0.15) is 0 Å². The second kappa shape index (κ2) is 8.59. The topological polar surface area (TPSA) is 75.7 Å². The fourth-order valence-electron chi connectivity index (χ4n) is 2.41. The number of esters is 1. The monoisotopic (exact) mass is 306 g/mol. The molecule has 1 saturated heterocycles. The number of hydrogen-bond acceptors (Lipinski definition) is 5. The van der Waals surface area contributed by atoms with Crippen LogP contribution in [-0.2, 0) is 19.6 Å². The maximum Gasteiger partial charge on any atom is 0.306 e. The van der Waals surface area contributed by atoms with E-state index in [1.807, 2.05) is 6.92 Å². The van der Waals surface area contributed by atoms with Gasteiger partial charge in [-0.05, 0) is 32.7 Å². The summed E-state index contributed by atoms with van der Waals surface area (Å²) in [6.07, 6.45) is 2.57. The van der Waals surface area contributed by atoms with Crippen LogP contribution in [0.3, 0.4) is 0 Å². The van der Waals surface area contributed by atoms with Crippen LogP contribution < -0.4 is 5.32 Å². The summed E-state index contributed by atoms with van der Waals surface area (Å²) in [5.41, 5.74) is 0. The standard InChI is InChI=1S/C13H26N2O4S/c1-3-9-15(12-6-5-8-14-11-12)20(17,18)10-7-13(16)19-4-2/h12,14H,3-11H2,1-2H3. The Morgan fingerprint density at radius 3 is 2.70 bits per heavy atom. The summed E-state index contributed by atoms with van der Waals surface area (Å²) < 4.78 is 31.2. The molecule has 7 heteroatoms. The summed E-state index contributed by atoms with van der Waals surface area (Å²) in [5, 5.41) is 3.23.